The lowest BCUT2D eigenvalue weighted by atomic mass is 10.0. The molecular formula is C24H30N2O5S. The SMILES string of the molecule is CCc1cccc(C)c1NC(=O)COC(=O)c1ccc(S(=O)(=O)N2CCC(C)CC2)cc1. The average molecular weight is 459 g/mol. The maximum atomic E-state index is 12.8. The van der Waals surface area contributed by atoms with Crippen LogP contribution < -0.4 is 5.32 Å². The van der Waals surface area contributed by atoms with Gasteiger partial charge in [-0.2, -0.15) is 4.31 Å². The van der Waals surface area contributed by atoms with Gasteiger partial charge in [-0.15, -0.1) is 0 Å². The zero-order chi connectivity index (χ0) is 23.3. The first-order valence-corrected chi connectivity index (χ1v) is 12.3. The van der Waals surface area contributed by atoms with E-state index in [1.807, 2.05) is 32.0 Å². The second-order valence-corrected chi connectivity index (χ2v) is 10.1. The minimum atomic E-state index is -3.58. The smallest absolute Gasteiger partial charge is 0.338 e. The first kappa shape index (κ1) is 23.9. The van der Waals surface area contributed by atoms with Crippen LogP contribution in [0.5, 0.6) is 0 Å². The van der Waals surface area contributed by atoms with Crippen LogP contribution in [0.2, 0.25) is 0 Å². The van der Waals surface area contributed by atoms with E-state index in [4.69, 9.17) is 4.74 Å². The van der Waals surface area contributed by atoms with Gasteiger partial charge in [0.05, 0.1) is 10.5 Å². The normalized spacial score (nSPS) is 15.3. The number of carbonyl (C=O) groups is 2. The number of amides is 1. The number of piperidine rings is 1. The Kier molecular flexibility index (Phi) is 7.69. The third-order valence-electron chi connectivity index (χ3n) is 5.81. The Hall–Kier alpha value is -2.71. The number of sulfonamides is 1. The third-order valence-corrected chi connectivity index (χ3v) is 7.72. The summed E-state index contributed by atoms with van der Waals surface area (Å²) < 4.78 is 32.2. The molecule has 7 nitrogen and oxygen atoms in total. The van der Waals surface area contributed by atoms with Crippen molar-refractivity contribution in [3.05, 3.63) is 59.2 Å². The molecule has 1 aliphatic heterocycles. The van der Waals surface area contributed by atoms with E-state index in [1.165, 1.54) is 28.6 Å². The Morgan fingerprint density at radius 3 is 2.38 bits per heavy atom. The van der Waals surface area contributed by atoms with Gasteiger partial charge in [-0.05, 0) is 67.5 Å². The number of hydrogen-bond donors (Lipinski definition) is 1. The zero-order valence-corrected chi connectivity index (χ0v) is 19.6. The minimum absolute atomic E-state index is 0.146. The first-order valence-electron chi connectivity index (χ1n) is 10.9. The van der Waals surface area contributed by atoms with Gasteiger partial charge in [-0.3, -0.25) is 4.79 Å². The van der Waals surface area contributed by atoms with E-state index in [2.05, 4.69) is 12.2 Å². The van der Waals surface area contributed by atoms with Crippen LogP contribution in [0.25, 0.3) is 0 Å². The highest BCUT2D eigenvalue weighted by Gasteiger charge is 2.28. The predicted molar refractivity (Wildman–Crippen MR) is 123 cm³/mol. The molecule has 172 valence electrons. The zero-order valence-electron chi connectivity index (χ0n) is 18.8. The fourth-order valence-corrected chi connectivity index (χ4v) is 5.20. The van der Waals surface area contributed by atoms with Gasteiger partial charge in [0.25, 0.3) is 5.91 Å². The summed E-state index contributed by atoms with van der Waals surface area (Å²) >= 11 is 0. The molecule has 0 unspecified atom stereocenters. The van der Waals surface area contributed by atoms with Crippen LogP contribution in [0.15, 0.2) is 47.4 Å². The standard InChI is InChI=1S/C24H30N2O5S/c1-4-19-7-5-6-18(3)23(19)25-22(27)16-31-24(28)20-8-10-21(11-9-20)32(29,30)26-14-12-17(2)13-15-26/h5-11,17H,4,12-16H2,1-3H3,(H,25,27). The summed E-state index contributed by atoms with van der Waals surface area (Å²) in [5.74, 6) is -0.590. The molecule has 2 aromatic rings. The average Bonchev–Trinajstić information content (AvgIpc) is 2.79. The van der Waals surface area contributed by atoms with E-state index in [0.717, 1.165) is 36.1 Å². The summed E-state index contributed by atoms with van der Waals surface area (Å²) in [4.78, 5) is 24.8. The number of nitrogens with one attached hydrogen (secondary N) is 1. The van der Waals surface area contributed by atoms with Crippen molar-refractivity contribution >= 4 is 27.6 Å². The van der Waals surface area contributed by atoms with E-state index in [1.54, 1.807) is 0 Å². The van der Waals surface area contributed by atoms with Gasteiger partial charge in [-0.25, -0.2) is 13.2 Å². The Balaban J connectivity index is 1.59. The summed E-state index contributed by atoms with van der Waals surface area (Å²) in [6.07, 6.45) is 2.45. The van der Waals surface area contributed by atoms with Gasteiger partial charge in [0.15, 0.2) is 6.61 Å². The lowest BCUT2D eigenvalue weighted by Crippen LogP contribution is -2.37. The van der Waals surface area contributed by atoms with Crippen LogP contribution in [0, 0.1) is 12.8 Å². The molecule has 0 atom stereocenters. The molecule has 1 heterocycles. The quantitative estimate of drug-likeness (QED) is 0.638. The summed E-state index contributed by atoms with van der Waals surface area (Å²) in [6, 6.07) is 11.4. The second-order valence-electron chi connectivity index (χ2n) is 8.20. The molecule has 1 saturated heterocycles. The number of carbonyl (C=O) groups excluding carboxylic acids is 2. The topological polar surface area (TPSA) is 92.8 Å². The van der Waals surface area contributed by atoms with Crippen LogP contribution in [0.1, 0.15) is 48.2 Å². The molecule has 8 heteroatoms. The Morgan fingerprint density at radius 2 is 1.75 bits per heavy atom. The molecule has 0 aliphatic carbocycles. The van der Waals surface area contributed by atoms with Gasteiger partial charge in [0, 0.05) is 18.8 Å². The van der Waals surface area contributed by atoms with Gasteiger partial charge in [-0.1, -0.05) is 32.0 Å². The van der Waals surface area contributed by atoms with Crippen molar-refractivity contribution in [2.45, 2.75) is 44.9 Å². The van der Waals surface area contributed by atoms with Crippen molar-refractivity contribution in [2.24, 2.45) is 5.92 Å². The van der Waals surface area contributed by atoms with Crippen LogP contribution in [-0.2, 0) is 26.0 Å². The Labute approximate surface area is 189 Å². The van der Waals surface area contributed by atoms with E-state index in [9.17, 15) is 18.0 Å². The molecule has 1 aliphatic rings. The van der Waals surface area contributed by atoms with Crippen LogP contribution in [0.4, 0.5) is 5.69 Å². The number of anilines is 1. The second kappa shape index (κ2) is 10.3. The van der Waals surface area contributed by atoms with E-state index in [0.29, 0.717) is 19.0 Å². The van der Waals surface area contributed by atoms with Crippen molar-refractivity contribution in [3.8, 4) is 0 Å². The molecule has 2 aromatic carbocycles. The van der Waals surface area contributed by atoms with E-state index < -0.39 is 28.5 Å². The largest absolute Gasteiger partial charge is 0.452 e. The summed E-state index contributed by atoms with van der Waals surface area (Å²) in [6.45, 7) is 6.60. The van der Waals surface area contributed by atoms with E-state index in [-0.39, 0.29) is 10.5 Å². The fourth-order valence-electron chi connectivity index (χ4n) is 3.73. The first-order chi connectivity index (χ1) is 15.2. The number of hydrogen-bond acceptors (Lipinski definition) is 5. The number of nitrogens with zero attached hydrogens (tertiary/aromatic N) is 1. The molecular weight excluding hydrogens is 428 g/mol. The minimum Gasteiger partial charge on any atom is -0.452 e. The Morgan fingerprint density at radius 1 is 1.09 bits per heavy atom. The Bertz CT molecular complexity index is 1070. The molecule has 0 aromatic heterocycles. The molecule has 32 heavy (non-hydrogen) atoms. The van der Waals surface area contributed by atoms with E-state index >= 15 is 0 Å². The maximum Gasteiger partial charge on any atom is 0.338 e. The molecule has 3 rings (SSSR count). The van der Waals surface area contributed by atoms with Crippen molar-refractivity contribution in [3.63, 3.8) is 0 Å². The number of ether oxygens (including phenoxy) is 1. The van der Waals surface area contributed by atoms with Crippen LogP contribution >= 0.6 is 0 Å². The number of aryl methyl sites for hydroxylation is 2. The maximum absolute atomic E-state index is 12.8. The highest BCUT2D eigenvalue weighted by atomic mass is 32.2. The molecule has 1 fully saturated rings. The molecule has 0 bridgehead atoms. The summed E-state index contributed by atoms with van der Waals surface area (Å²) in [7, 11) is -3.58. The molecule has 0 radical (unpaired) electrons. The molecule has 0 spiro atoms. The number of para-hydroxylation sites is 1. The van der Waals surface area contributed by atoms with Gasteiger partial charge in [0.2, 0.25) is 10.0 Å². The van der Waals surface area contributed by atoms with Crippen molar-refractivity contribution in [1.29, 1.82) is 0 Å². The van der Waals surface area contributed by atoms with Crippen LogP contribution in [0.3, 0.4) is 0 Å². The predicted octanol–water partition coefficient (Wildman–Crippen LogP) is 3.77. The van der Waals surface area contributed by atoms with Crippen LogP contribution in [-0.4, -0.2) is 44.3 Å². The van der Waals surface area contributed by atoms with Crippen molar-refractivity contribution < 1.29 is 22.7 Å². The van der Waals surface area contributed by atoms with Crippen molar-refractivity contribution in [1.82, 2.24) is 4.31 Å². The fraction of sp³-hybridized carbons (Fsp3) is 0.417. The molecule has 1 amide bonds. The number of esters is 1. The summed E-state index contributed by atoms with van der Waals surface area (Å²) in [5.41, 5.74) is 2.86. The summed E-state index contributed by atoms with van der Waals surface area (Å²) in [5, 5.41) is 2.80. The lowest BCUT2D eigenvalue weighted by Gasteiger charge is -2.29. The van der Waals surface area contributed by atoms with Gasteiger partial charge in [0.1, 0.15) is 0 Å². The van der Waals surface area contributed by atoms with Gasteiger partial charge < -0.3 is 10.1 Å². The van der Waals surface area contributed by atoms with Crippen molar-refractivity contribution in [2.75, 3.05) is 25.0 Å². The lowest BCUT2D eigenvalue weighted by molar-refractivity contribution is -0.119. The van der Waals surface area contributed by atoms with Gasteiger partial charge >= 0.3 is 5.97 Å². The number of rotatable bonds is 7. The highest BCUT2D eigenvalue weighted by molar-refractivity contribution is 7.89. The molecule has 1 N–H and O–H groups in total. The highest BCUT2D eigenvalue weighted by Crippen LogP contribution is 2.24. The molecule has 0 saturated carbocycles. The third kappa shape index (κ3) is 5.55. The monoisotopic (exact) mass is 458 g/mol. The number of benzene rings is 2.